The summed E-state index contributed by atoms with van der Waals surface area (Å²) >= 11 is 0. The Labute approximate surface area is 473 Å². The molecule has 11 atom stereocenters. The van der Waals surface area contributed by atoms with Gasteiger partial charge in [0, 0.05) is 12.8 Å². The maximum atomic E-state index is 13.1. The van der Waals surface area contributed by atoms with Crippen molar-refractivity contribution in [3.8, 4) is 0 Å². The van der Waals surface area contributed by atoms with Crippen molar-refractivity contribution in [1.29, 1.82) is 0 Å². The third-order valence-electron chi connectivity index (χ3n) is 15.4. The second-order valence-electron chi connectivity index (χ2n) is 22.6. The van der Waals surface area contributed by atoms with Gasteiger partial charge in [-0.1, -0.05) is 237 Å². The van der Waals surface area contributed by atoms with Gasteiger partial charge in [-0.2, -0.15) is 0 Å². The Hall–Kier alpha value is -2.02. The molecule has 0 radical (unpaired) electrons. The molecule has 458 valence electrons. The summed E-state index contributed by atoms with van der Waals surface area (Å²) < 4.78 is 33.8. The number of hydrogen-bond acceptors (Lipinski definition) is 15. The monoisotopic (exact) mass is 1110 g/mol. The third-order valence-corrected chi connectivity index (χ3v) is 15.4. The third kappa shape index (κ3) is 35.8. The van der Waals surface area contributed by atoms with Crippen molar-refractivity contribution >= 4 is 11.9 Å². The summed E-state index contributed by atoms with van der Waals surface area (Å²) in [5.41, 5.74) is 0. The fourth-order valence-electron chi connectivity index (χ4n) is 10.3. The summed E-state index contributed by atoms with van der Waals surface area (Å²) in [5, 5.41) is 72.4. The van der Waals surface area contributed by atoms with E-state index in [2.05, 4.69) is 38.2 Å². The standard InChI is InChI=1S/C63H116O15/c1-3-5-7-9-11-13-15-17-19-21-23-24-25-26-28-29-31-33-35-37-39-41-43-45-54(65)73-48-51(76-55(66)46-44-42-40-38-36-34-32-30-27-22-20-18-16-14-12-10-8-6-4-2)49-74-62-61(72)59(70)57(68)53(78-62)50-75-63-60(71)58(69)56(67)52(47-64)77-63/h12,14,18,20,51-53,56-64,67-72H,3-11,13,15-17,19,21-50H2,1-2H3/b14-12+,20-18+/t51-,52+,53+,56-,57-,58?,59?,60?,61?,62+,63+/m0/s1. The van der Waals surface area contributed by atoms with E-state index in [1.54, 1.807) is 0 Å². The molecule has 2 aliphatic heterocycles. The van der Waals surface area contributed by atoms with Gasteiger partial charge in [-0.3, -0.25) is 9.59 Å². The van der Waals surface area contributed by atoms with Gasteiger partial charge in [-0.05, 0) is 44.9 Å². The van der Waals surface area contributed by atoms with E-state index < -0.39 is 92.7 Å². The number of ether oxygens (including phenoxy) is 6. The Balaban J connectivity index is 1.70. The Bertz CT molecular complexity index is 1450. The number of aliphatic hydroxyl groups is 7. The summed E-state index contributed by atoms with van der Waals surface area (Å²) in [6.45, 7) is 2.63. The number of hydrogen-bond donors (Lipinski definition) is 7. The van der Waals surface area contributed by atoms with Crippen molar-refractivity contribution in [2.24, 2.45) is 0 Å². The van der Waals surface area contributed by atoms with Gasteiger partial charge in [0.15, 0.2) is 18.7 Å². The van der Waals surface area contributed by atoms with Crippen molar-refractivity contribution in [2.45, 2.75) is 338 Å². The average Bonchev–Trinajstić information content (AvgIpc) is 3.43. The van der Waals surface area contributed by atoms with E-state index in [0.29, 0.717) is 12.8 Å². The SMILES string of the molecule is CCCCC/C=C/C/C=C/CCCCCCCCCCCC(=O)O[C@@H](COC(=O)CCCCCCCCCCCCCCCCCCCCCCCCC)CO[C@@H]1O[C@H](CO[C@@H]2O[C@H](CO)[C@H](O)C(O)C2O)[C@H](O)C(O)C1O. The van der Waals surface area contributed by atoms with Crippen molar-refractivity contribution in [2.75, 3.05) is 26.4 Å². The molecule has 2 heterocycles. The smallest absolute Gasteiger partial charge is 0.306 e. The van der Waals surface area contributed by atoms with Gasteiger partial charge in [0.25, 0.3) is 0 Å². The van der Waals surface area contributed by atoms with Crippen LogP contribution in [0.4, 0.5) is 0 Å². The molecule has 0 amide bonds. The molecule has 0 spiro atoms. The van der Waals surface area contributed by atoms with Gasteiger partial charge in [0.1, 0.15) is 55.4 Å². The van der Waals surface area contributed by atoms with Crippen LogP contribution in [0.15, 0.2) is 24.3 Å². The largest absolute Gasteiger partial charge is 0.462 e. The highest BCUT2D eigenvalue weighted by Crippen LogP contribution is 2.27. The zero-order valence-corrected chi connectivity index (χ0v) is 49.2. The number of aliphatic hydroxyl groups excluding tert-OH is 7. The van der Waals surface area contributed by atoms with Gasteiger partial charge in [-0.15, -0.1) is 0 Å². The van der Waals surface area contributed by atoms with Crippen LogP contribution < -0.4 is 0 Å². The van der Waals surface area contributed by atoms with Gasteiger partial charge < -0.3 is 64.2 Å². The lowest BCUT2D eigenvalue weighted by molar-refractivity contribution is -0.332. The fourth-order valence-corrected chi connectivity index (χ4v) is 10.3. The van der Waals surface area contributed by atoms with Crippen LogP contribution in [0.1, 0.15) is 271 Å². The quantitative estimate of drug-likeness (QED) is 0.0171. The molecule has 4 unspecified atom stereocenters. The minimum atomic E-state index is -1.76. The molecule has 7 N–H and O–H groups in total. The molecule has 0 aliphatic carbocycles. The normalized spacial score (nSPS) is 24.1. The zero-order valence-electron chi connectivity index (χ0n) is 49.2. The Morgan fingerprint density at radius 1 is 0.410 bits per heavy atom. The Morgan fingerprint density at radius 3 is 1.22 bits per heavy atom. The van der Waals surface area contributed by atoms with Crippen LogP contribution in [0, 0.1) is 0 Å². The summed E-state index contributed by atoms with van der Waals surface area (Å²) in [4.78, 5) is 26.0. The van der Waals surface area contributed by atoms with Crippen LogP contribution in [0.25, 0.3) is 0 Å². The molecule has 0 bridgehead atoms. The van der Waals surface area contributed by atoms with E-state index in [4.69, 9.17) is 28.4 Å². The van der Waals surface area contributed by atoms with Crippen molar-refractivity contribution in [3.63, 3.8) is 0 Å². The van der Waals surface area contributed by atoms with Crippen LogP contribution in [-0.4, -0.2) is 142 Å². The van der Waals surface area contributed by atoms with E-state index in [-0.39, 0.29) is 26.1 Å². The van der Waals surface area contributed by atoms with E-state index in [1.807, 2.05) is 0 Å². The molecule has 0 aromatic carbocycles. The highest BCUT2D eigenvalue weighted by Gasteiger charge is 2.47. The average molecular weight is 1110 g/mol. The molecular formula is C63H116O15. The van der Waals surface area contributed by atoms with Crippen LogP contribution in [0.5, 0.6) is 0 Å². The van der Waals surface area contributed by atoms with Gasteiger partial charge in [0.05, 0.1) is 19.8 Å². The first-order valence-corrected chi connectivity index (χ1v) is 31.9. The number of carbonyl (C=O) groups is 2. The molecule has 2 fully saturated rings. The molecule has 2 saturated heterocycles. The first-order chi connectivity index (χ1) is 38.0. The predicted molar refractivity (Wildman–Crippen MR) is 307 cm³/mol. The number of carbonyl (C=O) groups excluding carboxylic acids is 2. The second kappa shape index (κ2) is 49.6. The predicted octanol–water partition coefficient (Wildman–Crippen LogP) is 11.8. The van der Waals surface area contributed by atoms with Crippen LogP contribution in [-0.2, 0) is 38.0 Å². The summed E-state index contributed by atoms with van der Waals surface area (Å²) in [6.07, 6.45) is 39.1. The summed E-state index contributed by atoms with van der Waals surface area (Å²) in [5.74, 6) is -0.913. The number of rotatable bonds is 52. The molecule has 15 nitrogen and oxygen atoms in total. The van der Waals surface area contributed by atoms with Gasteiger partial charge in [-0.25, -0.2) is 0 Å². The van der Waals surface area contributed by atoms with Crippen molar-refractivity contribution in [3.05, 3.63) is 24.3 Å². The molecule has 0 saturated carbocycles. The molecule has 15 heteroatoms. The number of esters is 2. The second-order valence-corrected chi connectivity index (χ2v) is 22.6. The molecule has 78 heavy (non-hydrogen) atoms. The van der Waals surface area contributed by atoms with Crippen LogP contribution in [0.2, 0.25) is 0 Å². The fraction of sp³-hybridized carbons (Fsp3) is 0.905. The van der Waals surface area contributed by atoms with Crippen molar-refractivity contribution < 1.29 is 73.8 Å². The zero-order chi connectivity index (χ0) is 56.7. The van der Waals surface area contributed by atoms with E-state index in [9.17, 15) is 45.3 Å². The summed E-state index contributed by atoms with van der Waals surface area (Å²) in [7, 11) is 0. The van der Waals surface area contributed by atoms with Gasteiger partial charge in [0.2, 0.25) is 0 Å². The van der Waals surface area contributed by atoms with Gasteiger partial charge >= 0.3 is 11.9 Å². The molecule has 2 rings (SSSR count). The minimum Gasteiger partial charge on any atom is -0.462 e. The molecule has 0 aromatic heterocycles. The molecule has 2 aliphatic rings. The molecule has 0 aromatic rings. The summed E-state index contributed by atoms with van der Waals surface area (Å²) in [6, 6.07) is 0. The maximum absolute atomic E-state index is 13.1. The lowest BCUT2D eigenvalue weighted by atomic mass is 9.98. The topological polar surface area (TPSA) is 231 Å². The number of unbranched alkanes of at least 4 members (excludes halogenated alkanes) is 34. The Morgan fingerprint density at radius 2 is 0.769 bits per heavy atom. The van der Waals surface area contributed by atoms with Crippen molar-refractivity contribution in [1.82, 2.24) is 0 Å². The Kier molecular flexibility index (Phi) is 45.8. The minimum absolute atomic E-state index is 0.164. The lowest BCUT2D eigenvalue weighted by Crippen LogP contribution is -2.61. The number of allylic oxidation sites excluding steroid dienone is 4. The maximum Gasteiger partial charge on any atom is 0.306 e. The first kappa shape index (κ1) is 72.1. The van der Waals surface area contributed by atoms with E-state index in [0.717, 1.165) is 57.8 Å². The molecular weight excluding hydrogens is 997 g/mol. The van der Waals surface area contributed by atoms with E-state index in [1.165, 1.54) is 173 Å². The van der Waals surface area contributed by atoms with Crippen LogP contribution in [0.3, 0.4) is 0 Å². The highest BCUT2D eigenvalue weighted by molar-refractivity contribution is 5.70. The van der Waals surface area contributed by atoms with E-state index >= 15 is 0 Å². The lowest BCUT2D eigenvalue weighted by Gasteiger charge is -2.42. The van der Waals surface area contributed by atoms with Crippen LogP contribution >= 0.6 is 0 Å². The highest BCUT2D eigenvalue weighted by atomic mass is 16.7. The first-order valence-electron chi connectivity index (χ1n) is 31.9.